The Kier molecular flexibility index (Phi) is 7.18. The quantitative estimate of drug-likeness (QED) is 0.741. The lowest BCUT2D eigenvalue weighted by atomic mass is 10.4. The van der Waals surface area contributed by atoms with Crippen molar-refractivity contribution in [2.75, 3.05) is 31.1 Å². The number of rotatable bonds is 9. The SMILES string of the molecule is CCCOc1cncc(N(CC)CCNC(C)C)n1. The van der Waals surface area contributed by atoms with Gasteiger partial charge in [0.15, 0.2) is 5.82 Å². The number of anilines is 1. The van der Waals surface area contributed by atoms with Crippen molar-refractivity contribution < 1.29 is 4.74 Å². The fraction of sp³-hybridized carbons (Fsp3) is 0.714. The van der Waals surface area contributed by atoms with Crippen LogP contribution in [0.1, 0.15) is 34.1 Å². The van der Waals surface area contributed by atoms with Crippen LogP contribution in [-0.4, -0.2) is 42.3 Å². The zero-order valence-corrected chi connectivity index (χ0v) is 12.5. The monoisotopic (exact) mass is 266 g/mol. The van der Waals surface area contributed by atoms with Crippen molar-refractivity contribution in [1.29, 1.82) is 0 Å². The Morgan fingerprint density at radius 3 is 2.74 bits per heavy atom. The molecule has 0 aliphatic heterocycles. The van der Waals surface area contributed by atoms with Crippen molar-refractivity contribution in [2.45, 2.75) is 40.2 Å². The fourth-order valence-corrected chi connectivity index (χ4v) is 1.69. The molecule has 0 aliphatic carbocycles. The van der Waals surface area contributed by atoms with E-state index >= 15 is 0 Å². The fourth-order valence-electron chi connectivity index (χ4n) is 1.69. The summed E-state index contributed by atoms with van der Waals surface area (Å²) in [6, 6.07) is 0.504. The molecule has 0 aliphatic rings. The van der Waals surface area contributed by atoms with Crippen molar-refractivity contribution in [3.63, 3.8) is 0 Å². The molecule has 0 amide bonds. The average Bonchev–Trinajstić information content (AvgIpc) is 2.41. The molecule has 0 radical (unpaired) electrons. The highest BCUT2D eigenvalue weighted by atomic mass is 16.5. The van der Waals surface area contributed by atoms with E-state index in [-0.39, 0.29) is 0 Å². The lowest BCUT2D eigenvalue weighted by Gasteiger charge is -2.22. The van der Waals surface area contributed by atoms with Gasteiger partial charge < -0.3 is 15.0 Å². The van der Waals surface area contributed by atoms with Gasteiger partial charge in [-0.2, -0.15) is 4.98 Å². The third-order valence-electron chi connectivity index (χ3n) is 2.69. The topological polar surface area (TPSA) is 50.3 Å². The third kappa shape index (κ3) is 5.87. The summed E-state index contributed by atoms with van der Waals surface area (Å²) in [6.07, 6.45) is 4.43. The van der Waals surface area contributed by atoms with Gasteiger partial charge in [-0.1, -0.05) is 20.8 Å². The molecule has 1 aromatic heterocycles. The van der Waals surface area contributed by atoms with Gasteiger partial charge in [0, 0.05) is 25.7 Å². The summed E-state index contributed by atoms with van der Waals surface area (Å²) in [5.41, 5.74) is 0. The van der Waals surface area contributed by atoms with Crippen molar-refractivity contribution in [1.82, 2.24) is 15.3 Å². The first-order chi connectivity index (χ1) is 9.17. The molecule has 5 heteroatoms. The summed E-state index contributed by atoms with van der Waals surface area (Å²) in [5, 5.41) is 3.41. The van der Waals surface area contributed by atoms with Crippen molar-refractivity contribution in [2.24, 2.45) is 0 Å². The molecule has 1 rings (SSSR count). The Bertz CT molecular complexity index is 357. The Morgan fingerprint density at radius 2 is 2.11 bits per heavy atom. The van der Waals surface area contributed by atoms with E-state index in [2.05, 4.69) is 47.9 Å². The molecule has 108 valence electrons. The summed E-state index contributed by atoms with van der Waals surface area (Å²) in [4.78, 5) is 10.9. The van der Waals surface area contributed by atoms with Crippen LogP contribution in [0.4, 0.5) is 5.82 Å². The number of nitrogens with one attached hydrogen (secondary N) is 1. The zero-order valence-electron chi connectivity index (χ0n) is 12.5. The Morgan fingerprint density at radius 1 is 1.32 bits per heavy atom. The molecule has 0 bridgehead atoms. The predicted octanol–water partition coefficient (Wildman–Crippen LogP) is 2.09. The second-order valence-electron chi connectivity index (χ2n) is 4.75. The van der Waals surface area contributed by atoms with Gasteiger partial charge in [-0.15, -0.1) is 0 Å². The molecule has 0 aromatic carbocycles. The van der Waals surface area contributed by atoms with Crippen LogP contribution in [0.5, 0.6) is 5.88 Å². The van der Waals surface area contributed by atoms with Gasteiger partial charge in [0.05, 0.1) is 19.0 Å². The van der Waals surface area contributed by atoms with Crippen molar-refractivity contribution in [3.05, 3.63) is 12.4 Å². The van der Waals surface area contributed by atoms with Crippen LogP contribution in [-0.2, 0) is 0 Å². The number of aromatic nitrogens is 2. The van der Waals surface area contributed by atoms with Gasteiger partial charge in [0.2, 0.25) is 5.88 Å². The van der Waals surface area contributed by atoms with Crippen LogP contribution in [0.3, 0.4) is 0 Å². The molecular weight excluding hydrogens is 240 g/mol. The van der Waals surface area contributed by atoms with E-state index in [0.717, 1.165) is 31.9 Å². The van der Waals surface area contributed by atoms with E-state index in [0.29, 0.717) is 18.5 Å². The minimum Gasteiger partial charge on any atom is -0.477 e. The van der Waals surface area contributed by atoms with Gasteiger partial charge in [-0.25, -0.2) is 0 Å². The number of hydrogen-bond acceptors (Lipinski definition) is 5. The van der Waals surface area contributed by atoms with Crippen LogP contribution >= 0.6 is 0 Å². The maximum Gasteiger partial charge on any atom is 0.234 e. The molecule has 0 spiro atoms. The van der Waals surface area contributed by atoms with Gasteiger partial charge in [0.25, 0.3) is 0 Å². The molecule has 5 nitrogen and oxygen atoms in total. The summed E-state index contributed by atoms with van der Waals surface area (Å²) >= 11 is 0. The summed E-state index contributed by atoms with van der Waals surface area (Å²) in [7, 11) is 0. The second-order valence-corrected chi connectivity index (χ2v) is 4.75. The molecular formula is C14H26N4O. The normalized spacial score (nSPS) is 10.8. The highest BCUT2D eigenvalue weighted by Gasteiger charge is 2.07. The van der Waals surface area contributed by atoms with E-state index in [1.807, 2.05) is 0 Å². The van der Waals surface area contributed by atoms with E-state index in [9.17, 15) is 0 Å². The van der Waals surface area contributed by atoms with Crippen LogP contribution in [0, 0.1) is 0 Å². The molecule has 19 heavy (non-hydrogen) atoms. The van der Waals surface area contributed by atoms with Crippen LogP contribution < -0.4 is 15.0 Å². The van der Waals surface area contributed by atoms with E-state index in [4.69, 9.17) is 4.74 Å². The highest BCUT2D eigenvalue weighted by molar-refractivity contribution is 5.37. The average molecular weight is 266 g/mol. The van der Waals surface area contributed by atoms with Crippen LogP contribution in [0.2, 0.25) is 0 Å². The van der Waals surface area contributed by atoms with Gasteiger partial charge in [0.1, 0.15) is 0 Å². The van der Waals surface area contributed by atoms with Gasteiger partial charge in [-0.3, -0.25) is 4.98 Å². The van der Waals surface area contributed by atoms with Crippen molar-refractivity contribution >= 4 is 5.82 Å². The Labute approximate surface area is 116 Å². The van der Waals surface area contributed by atoms with E-state index in [1.165, 1.54) is 0 Å². The van der Waals surface area contributed by atoms with E-state index in [1.54, 1.807) is 12.4 Å². The maximum absolute atomic E-state index is 5.52. The van der Waals surface area contributed by atoms with Crippen LogP contribution in [0.15, 0.2) is 12.4 Å². The number of nitrogens with zero attached hydrogens (tertiary/aromatic N) is 3. The lowest BCUT2D eigenvalue weighted by Crippen LogP contribution is -2.35. The smallest absolute Gasteiger partial charge is 0.234 e. The number of ether oxygens (including phenoxy) is 1. The first kappa shape index (κ1) is 15.7. The molecule has 1 N–H and O–H groups in total. The third-order valence-corrected chi connectivity index (χ3v) is 2.69. The molecule has 0 fully saturated rings. The minimum absolute atomic E-state index is 0.504. The van der Waals surface area contributed by atoms with Gasteiger partial charge in [-0.05, 0) is 13.3 Å². The summed E-state index contributed by atoms with van der Waals surface area (Å²) in [5.74, 6) is 1.48. The Hall–Kier alpha value is -1.36. The predicted molar refractivity (Wildman–Crippen MR) is 78.8 cm³/mol. The maximum atomic E-state index is 5.52. The molecule has 0 saturated carbocycles. The molecule has 1 heterocycles. The minimum atomic E-state index is 0.504. The highest BCUT2D eigenvalue weighted by Crippen LogP contribution is 2.13. The van der Waals surface area contributed by atoms with Gasteiger partial charge >= 0.3 is 0 Å². The molecule has 0 saturated heterocycles. The number of likely N-dealkylation sites (N-methyl/N-ethyl adjacent to an activating group) is 1. The zero-order chi connectivity index (χ0) is 14.1. The summed E-state index contributed by atoms with van der Waals surface area (Å²) in [6.45, 7) is 11.9. The largest absolute Gasteiger partial charge is 0.477 e. The summed E-state index contributed by atoms with van der Waals surface area (Å²) < 4.78 is 5.52. The molecule has 1 aromatic rings. The van der Waals surface area contributed by atoms with Crippen molar-refractivity contribution in [3.8, 4) is 5.88 Å². The standard InChI is InChI=1S/C14H26N4O/c1-5-9-19-14-11-15-10-13(17-14)18(6-2)8-7-16-12(3)4/h10-12,16H,5-9H2,1-4H3. The van der Waals surface area contributed by atoms with E-state index < -0.39 is 0 Å². The number of hydrogen-bond donors (Lipinski definition) is 1. The Balaban J connectivity index is 2.58. The second kappa shape index (κ2) is 8.69. The van der Waals surface area contributed by atoms with Crippen LogP contribution in [0.25, 0.3) is 0 Å². The lowest BCUT2D eigenvalue weighted by molar-refractivity contribution is 0.304. The molecule has 0 unspecified atom stereocenters. The molecule has 0 atom stereocenters. The first-order valence-electron chi connectivity index (χ1n) is 7.10. The first-order valence-corrected chi connectivity index (χ1v) is 7.10.